The van der Waals surface area contributed by atoms with E-state index in [0.29, 0.717) is 17.0 Å². The molecule has 2 atom stereocenters. The number of nitrogens with one attached hydrogen (secondary N) is 2. The molecule has 0 bridgehead atoms. The number of fused-ring (bicyclic) bond motifs is 1. The first-order valence-corrected chi connectivity index (χ1v) is 13.4. The van der Waals surface area contributed by atoms with Gasteiger partial charge in [-0.25, -0.2) is 4.79 Å². The van der Waals surface area contributed by atoms with Gasteiger partial charge in [0.05, 0.1) is 26.8 Å². The third-order valence-electron chi connectivity index (χ3n) is 6.74. The second kappa shape index (κ2) is 11.6. The molecule has 9 nitrogen and oxygen atoms in total. The lowest BCUT2D eigenvalue weighted by molar-refractivity contribution is -0.148. The van der Waals surface area contributed by atoms with Gasteiger partial charge in [-0.1, -0.05) is 64.8 Å². The highest BCUT2D eigenvalue weighted by atomic mass is 35.5. The van der Waals surface area contributed by atoms with Crippen LogP contribution in [0, 0.1) is 0 Å². The number of nitrogens with zero attached hydrogens (tertiary/aromatic N) is 2. The molecule has 1 unspecified atom stereocenters. The van der Waals surface area contributed by atoms with Crippen molar-refractivity contribution in [1.82, 2.24) is 10.3 Å². The van der Waals surface area contributed by atoms with E-state index in [1.165, 1.54) is 0 Å². The quantitative estimate of drug-likeness (QED) is 0.249. The second-order valence-corrected chi connectivity index (χ2v) is 10.5. The molecule has 2 heterocycles. The Bertz CT molecular complexity index is 1670. The highest BCUT2D eigenvalue weighted by molar-refractivity contribution is 6.40. The Morgan fingerprint density at radius 2 is 1.71 bits per heavy atom. The number of pyridine rings is 1. The fourth-order valence-corrected chi connectivity index (χ4v) is 5.11. The minimum absolute atomic E-state index is 0.00439. The van der Waals surface area contributed by atoms with Crippen LogP contribution in [0.15, 0.2) is 84.1 Å². The van der Waals surface area contributed by atoms with Gasteiger partial charge in [-0.2, -0.15) is 0 Å². The van der Waals surface area contributed by atoms with E-state index in [-0.39, 0.29) is 28.5 Å². The summed E-state index contributed by atoms with van der Waals surface area (Å²) in [6.45, 7) is 1.57. The summed E-state index contributed by atoms with van der Waals surface area (Å²) in [6.07, 6.45) is 1.86. The zero-order valence-electron chi connectivity index (χ0n) is 21.7. The van der Waals surface area contributed by atoms with Crippen molar-refractivity contribution in [1.29, 1.82) is 0 Å². The van der Waals surface area contributed by atoms with Crippen LogP contribution in [0.25, 0.3) is 10.9 Å². The number of carbonyl (C=O) groups excluding carboxylic acids is 2. The van der Waals surface area contributed by atoms with Crippen LogP contribution < -0.4 is 10.6 Å². The number of halogens is 2. The van der Waals surface area contributed by atoms with Gasteiger partial charge in [0.15, 0.2) is 0 Å². The van der Waals surface area contributed by atoms with Crippen LogP contribution in [0.1, 0.15) is 34.8 Å². The van der Waals surface area contributed by atoms with Crippen molar-refractivity contribution in [3.8, 4) is 0 Å². The molecule has 4 aromatic rings. The Morgan fingerprint density at radius 1 is 1.00 bits per heavy atom. The summed E-state index contributed by atoms with van der Waals surface area (Å²) in [7, 11) is 0. The molecule has 0 fully saturated rings. The maximum Gasteiger partial charge on any atom is 0.326 e. The standard InChI is InChI=1S/C30H24Cl2N4O5/c1-30(16-25(36-41-30)20-5-2-9-23-19(20)6-4-14-33-23)29(40)35-24(28(38)39)15-17-10-12-18(13-11-17)34-27(37)26-21(31)7-3-8-22(26)32/h2-14,24H,15-16H2,1H3,(H,34,37)(H,35,40)(H,38,39)/t24?,30-/m1/s1. The normalized spacial score (nSPS) is 16.9. The first-order chi connectivity index (χ1) is 19.6. The summed E-state index contributed by atoms with van der Waals surface area (Å²) in [5.41, 5.74) is 2.02. The minimum atomic E-state index is -1.39. The third kappa shape index (κ3) is 6.01. The topological polar surface area (TPSA) is 130 Å². The number of rotatable bonds is 8. The highest BCUT2D eigenvalue weighted by Gasteiger charge is 2.44. The van der Waals surface area contributed by atoms with Crippen molar-refractivity contribution in [2.75, 3.05) is 5.32 Å². The molecule has 0 spiro atoms. The van der Waals surface area contributed by atoms with Crippen LogP contribution in [-0.4, -0.2) is 45.2 Å². The summed E-state index contributed by atoms with van der Waals surface area (Å²) >= 11 is 12.2. The van der Waals surface area contributed by atoms with Gasteiger partial charge >= 0.3 is 5.97 Å². The monoisotopic (exact) mass is 590 g/mol. The summed E-state index contributed by atoms with van der Waals surface area (Å²) in [6, 6.07) is 19.5. The summed E-state index contributed by atoms with van der Waals surface area (Å²) in [5, 5.41) is 20.6. The number of benzene rings is 3. The van der Waals surface area contributed by atoms with Crippen LogP contribution >= 0.6 is 23.2 Å². The van der Waals surface area contributed by atoms with Crippen molar-refractivity contribution in [2.45, 2.75) is 31.4 Å². The van der Waals surface area contributed by atoms with E-state index >= 15 is 0 Å². The molecule has 1 aromatic heterocycles. The maximum atomic E-state index is 13.2. The van der Waals surface area contributed by atoms with Crippen molar-refractivity contribution >= 4 is 63.3 Å². The first kappa shape index (κ1) is 28.1. The summed E-state index contributed by atoms with van der Waals surface area (Å²) < 4.78 is 0. The Labute approximate surface area is 245 Å². The fraction of sp³-hybridized carbons (Fsp3) is 0.167. The van der Waals surface area contributed by atoms with Crippen molar-refractivity contribution < 1.29 is 24.3 Å². The molecule has 208 valence electrons. The van der Waals surface area contributed by atoms with Crippen molar-refractivity contribution in [3.63, 3.8) is 0 Å². The van der Waals surface area contributed by atoms with Gasteiger partial charge in [0.2, 0.25) is 5.60 Å². The maximum absolute atomic E-state index is 13.2. The Kier molecular flexibility index (Phi) is 7.92. The molecule has 11 heteroatoms. The van der Waals surface area contributed by atoms with Gasteiger partial charge in [0.1, 0.15) is 6.04 Å². The highest BCUT2D eigenvalue weighted by Crippen LogP contribution is 2.30. The SMILES string of the molecule is C[C@]1(C(=O)NC(Cc2ccc(NC(=O)c3c(Cl)cccc3Cl)cc2)C(=O)O)CC(c2cccc3ncccc23)=NO1. The fourth-order valence-electron chi connectivity index (χ4n) is 4.54. The molecule has 0 saturated carbocycles. The number of hydrogen-bond acceptors (Lipinski definition) is 6. The third-order valence-corrected chi connectivity index (χ3v) is 7.37. The lowest BCUT2D eigenvalue weighted by Gasteiger charge is -2.23. The molecule has 0 aliphatic carbocycles. The van der Waals surface area contributed by atoms with Gasteiger partial charge in [0.25, 0.3) is 11.8 Å². The molecule has 0 saturated heterocycles. The number of aromatic nitrogens is 1. The van der Waals surface area contributed by atoms with E-state index < -0.39 is 29.4 Å². The largest absolute Gasteiger partial charge is 0.480 e. The molecule has 1 aliphatic heterocycles. The Hall–Kier alpha value is -4.47. The van der Waals surface area contributed by atoms with E-state index in [1.54, 1.807) is 55.6 Å². The number of aliphatic carboxylic acids is 1. The van der Waals surface area contributed by atoms with Crippen LogP contribution in [0.2, 0.25) is 10.0 Å². The molecule has 0 radical (unpaired) electrons. The van der Waals surface area contributed by atoms with Crippen LogP contribution in [-0.2, 0) is 20.8 Å². The average Bonchev–Trinajstić information content (AvgIpc) is 3.36. The second-order valence-electron chi connectivity index (χ2n) is 9.73. The van der Waals surface area contributed by atoms with E-state index in [1.807, 2.05) is 30.3 Å². The molecule has 5 rings (SSSR count). The smallest absolute Gasteiger partial charge is 0.326 e. The Morgan fingerprint density at radius 3 is 2.41 bits per heavy atom. The number of oxime groups is 1. The van der Waals surface area contributed by atoms with Crippen molar-refractivity contribution in [2.24, 2.45) is 5.16 Å². The zero-order valence-corrected chi connectivity index (χ0v) is 23.2. The van der Waals surface area contributed by atoms with E-state index in [4.69, 9.17) is 28.0 Å². The van der Waals surface area contributed by atoms with Crippen molar-refractivity contribution in [3.05, 3.63) is 106 Å². The number of carboxylic acids is 1. The van der Waals surface area contributed by atoms with Crippen LogP contribution in [0.4, 0.5) is 5.69 Å². The molecule has 3 N–H and O–H groups in total. The predicted octanol–water partition coefficient (Wildman–Crippen LogP) is 5.49. The lowest BCUT2D eigenvalue weighted by atomic mass is 9.92. The number of carbonyl (C=O) groups is 3. The average molecular weight is 591 g/mol. The number of amides is 2. The zero-order chi connectivity index (χ0) is 29.1. The van der Waals surface area contributed by atoms with E-state index in [0.717, 1.165) is 16.5 Å². The van der Waals surface area contributed by atoms with Gasteiger partial charge in [-0.3, -0.25) is 14.6 Å². The van der Waals surface area contributed by atoms with E-state index in [9.17, 15) is 19.5 Å². The minimum Gasteiger partial charge on any atom is -0.480 e. The number of carboxylic acid groups (broad SMARTS) is 1. The first-order valence-electron chi connectivity index (χ1n) is 12.6. The lowest BCUT2D eigenvalue weighted by Crippen LogP contribution is -2.51. The van der Waals surface area contributed by atoms with Gasteiger partial charge < -0.3 is 20.6 Å². The molecular weight excluding hydrogens is 567 g/mol. The van der Waals surface area contributed by atoms with Gasteiger partial charge in [-0.15, -0.1) is 0 Å². The van der Waals surface area contributed by atoms with Crippen LogP contribution in [0.3, 0.4) is 0 Å². The summed E-state index contributed by atoms with van der Waals surface area (Å²) in [5.74, 6) is -2.27. The predicted molar refractivity (Wildman–Crippen MR) is 157 cm³/mol. The molecule has 1 aliphatic rings. The molecular formula is C30H24Cl2N4O5. The Balaban J connectivity index is 1.23. The number of hydrogen-bond donors (Lipinski definition) is 3. The van der Waals surface area contributed by atoms with Crippen LogP contribution in [0.5, 0.6) is 0 Å². The number of anilines is 1. The molecule has 2 amide bonds. The van der Waals surface area contributed by atoms with Gasteiger partial charge in [0, 0.05) is 35.7 Å². The van der Waals surface area contributed by atoms with E-state index in [2.05, 4.69) is 20.8 Å². The van der Waals surface area contributed by atoms with Gasteiger partial charge in [-0.05, 0) is 48.9 Å². The molecule has 3 aromatic carbocycles. The summed E-state index contributed by atoms with van der Waals surface area (Å²) in [4.78, 5) is 47.8. The molecule has 41 heavy (non-hydrogen) atoms.